The van der Waals surface area contributed by atoms with Crippen LogP contribution in [0.1, 0.15) is 33.1 Å². The first-order valence-corrected chi connectivity index (χ1v) is 7.79. The number of aromatic nitrogens is 2. The second-order valence-electron chi connectivity index (χ2n) is 6.87. The number of hydrogen-bond donors (Lipinski definition) is 1. The lowest BCUT2D eigenvalue weighted by Crippen LogP contribution is -2.33. The lowest BCUT2D eigenvalue weighted by atomic mass is 9.96. The minimum atomic E-state index is -0.294. The maximum atomic E-state index is 13.0. The molecule has 1 aromatic carbocycles. The van der Waals surface area contributed by atoms with Crippen molar-refractivity contribution in [2.75, 3.05) is 19.7 Å². The van der Waals surface area contributed by atoms with Crippen molar-refractivity contribution in [3.05, 3.63) is 36.0 Å². The molecule has 0 atom stereocenters. The molecule has 0 radical (unpaired) electrons. The van der Waals surface area contributed by atoms with Gasteiger partial charge in [0, 0.05) is 25.3 Å². The largest absolute Gasteiger partial charge is 0.396 e. The van der Waals surface area contributed by atoms with E-state index in [1.165, 1.54) is 12.1 Å². The van der Waals surface area contributed by atoms with Crippen LogP contribution in [0.25, 0.3) is 11.4 Å². The van der Waals surface area contributed by atoms with Crippen molar-refractivity contribution in [1.82, 2.24) is 15.0 Å². The Morgan fingerprint density at radius 3 is 2.52 bits per heavy atom. The maximum absolute atomic E-state index is 13.0. The Morgan fingerprint density at radius 2 is 1.91 bits per heavy atom. The van der Waals surface area contributed by atoms with Gasteiger partial charge in [-0.2, -0.15) is 4.98 Å². The van der Waals surface area contributed by atoms with Crippen LogP contribution in [0.5, 0.6) is 0 Å². The highest BCUT2D eigenvalue weighted by Crippen LogP contribution is 2.19. The second-order valence-corrected chi connectivity index (χ2v) is 6.87. The van der Waals surface area contributed by atoms with Gasteiger partial charge in [-0.3, -0.25) is 4.90 Å². The summed E-state index contributed by atoms with van der Waals surface area (Å²) < 4.78 is 18.3. The van der Waals surface area contributed by atoms with Gasteiger partial charge in [0.1, 0.15) is 5.82 Å². The van der Waals surface area contributed by atoms with E-state index in [1.807, 2.05) is 0 Å². The Morgan fingerprint density at radius 1 is 1.22 bits per heavy atom. The molecule has 5 nitrogen and oxygen atoms in total. The standard InChI is InChI=1S/C17H24FN3O2/c1-17(2,3)12-21(9-4-10-22)11-15-19-16(20-23-15)13-5-7-14(18)8-6-13/h5-8,22H,4,9-12H2,1-3H3. The van der Waals surface area contributed by atoms with E-state index in [1.54, 1.807) is 12.1 Å². The Hall–Kier alpha value is -1.79. The van der Waals surface area contributed by atoms with E-state index in [0.717, 1.165) is 18.7 Å². The zero-order chi connectivity index (χ0) is 16.9. The maximum Gasteiger partial charge on any atom is 0.241 e. The first kappa shape index (κ1) is 17.6. The molecular formula is C17H24FN3O2. The molecule has 0 saturated heterocycles. The average Bonchev–Trinajstić information content (AvgIpc) is 2.92. The molecule has 0 aliphatic rings. The molecule has 0 unspecified atom stereocenters. The molecule has 2 aromatic rings. The number of nitrogens with zero attached hydrogens (tertiary/aromatic N) is 3. The lowest BCUT2D eigenvalue weighted by Gasteiger charge is -2.28. The first-order valence-electron chi connectivity index (χ1n) is 7.79. The highest BCUT2D eigenvalue weighted by molar-refractivity contribution is 5.53. The van der Waals surface area contributed by atoms with E-state index in [-0.39, 0.29) is 17.8 Å². The summed E-state index contributed by atoms with van der Waals surface area (Å²) in [5.41, 5.74) is 0.856. The van der Waals surface area contributed by atoms with Crippen LogP contribution in [0.4, 0.5) is 4.39 Å². The summed E-state index contributed by atoms with van der Waals surface area (Å²) in [5.74, 6) is 0.683. The zero-order valence-electron chi connectivity index (χ0n) is 13.9. The van der Waals surface area contributed by atoms with Gasteiger partial charge in [0.25, 0.3) is 0 Å². The number of aliphatic hydroxyl groups excluding tert-OH is 1. The highest BCUT2D eigenvalue weighted by Gasteiger charge is 2.19. The molecule has 1 aromatic heterocycles. The van der Waals surface area contributed by atoms with E-state index in [4.69, 9.17) is 9.63 Å². The van der Waals surface area contributed by atoms with Crippen LogP contribution in [0.3, 0.4) is 0 Å². The molecular weight excluding hydrogens is 297 g/mol. The molecule has 126 valence electrons. The van der Waals surface area contributed by atoms with Crippen LogP contribution < -0.4 is 0 Å². The third-order valence-electron chi connectivity index (χ3n) is 3.26. The van der Waals surface area contributed by atoms with E-state index < -0.39 is 0 Å². The summed E-state index contributed by atoms with van der Waals surface area (Å²) in [4.78, 5) is 6.58. The molecule has 0 amide bonds. The number of aliphatic hydroxyl groups is 1. The van der Waals surface area contributed by atoms with Crippen LogP contribution >= 0.6 is 0 Å². The monoisotopic (exact) mass is 321 g/mol. The lowest BCUT2D eigenvalue weighted by molar-refractivity contribution is 0.150. The van der Waals surface area contributed by atoms with E-state index in [0.29, 0.717) is 24.7 Å². The Labute approximate surface area is 136 Å². The van der Waals surface area contributed by atoms with Gasteiger partial charge in [-0.05, 0) is 36.1 Å². The smallest absolute Gasteiger partial charge is 0.241 e. The summed E-state index contributed by atoms with van der Waals surface area (Å²) in [6, 6.07) is 6.00. The number of hydrogen-bond acceptors (Lipinski definition) is 5. The summed E-state index contributed by atoms with van der Waals surface area (Å²) in [5, 5.41) is 13.0. The Kier molecular flexibility index (Phi) is 5.85. The van der Waals surface area contributed by atoms with Crippen molar-refractivity contribution >= 4 is 0 Å². The Bertz CT molecular complexity index is 605. The number of halogens is 1. The van der Waals surface area contributed by atoms with Crippen molar-refractivity contribution in [2.24, 2.45) is 5.41 Å². The molecule has 23 heavy (non-hydrogen) atoms. The SMILES string of the molecule is CC(C)(C)CN(CCCO)Cc1nc(-c2ccc(F)cc2)no1. The third kappa shape index (κ3) is 5.73. The van der Waals surface area contributed by atoms with Gasteiger partial charge >= 0.3 is 0 Å². The summed E-state index contributed by atoms with van der Waals surface area (Å²) in [7, 11) is 0. The quantitative estimate of drug-likeness (QED) is 0.849. The van der Waals surface area contributed by atoms with Gasteiger partial charge in [-0.25, -0.2) is 4.39 Å². The van der Waals surface area contributed by atoms with Crippen molar-refractivity contribution in [1.29, 1.82) is 0 Å². The molecule has 1 N–H and O–H groups in total. The molecule has 0 bridgehead atoms. The van der Waals surface area contributed by atoms with Crippen LogP contribution in [-0.2, 0) is 6.54 Å². The fraction of sp³-hybridized carbons (Fsp3) is 0.529. The minimum absolute atomic E-state index is 0.134. The molecule has 0 saturated carbocycles. The van der Waals surface area contributed by atoms with Crippen LogP contribution in [0.15, 0.2) is 28.8 Å². The fourth-order valence-electron chi connectivity index (χ4n) is 2.41. The van der Waals surface area contributed by atoms with Crippen molar-refractivity contribution in [3.63, 3.8) is 0 Å². The molecule has 0 aliphatic heterocycles. The van der Waals surface area contributed by atoms with Gasteiger partial charge in [0.15, 0.2) is 0 Å². The molecule has 6 heteroatoms. The fourth-order valence-corrected chi connectivity index (χ4v) is 2.41. The molecule has 0 fully saturated rings. The average molecular weight is 321 g/mol. The van der Waals surface area contributed by atoms with E-state index in [9.17, 15) is 4.39 Å². The van der Waals surface area contributed by atoms with Crippen molar-refractivity contribution < 1.29 is 14.0 Å². The van der Waals surface area contributed by atoms with Crippen LogP contribution in [-0.4, -0.2) is 39.8 Å². The Balaban J connectivity index is 2.06. The molecule has 0 spiro atoms. The van der Waals surface area contributed by atoms with Gasteiger partial charge in [0.2, 0.25) is 11.7 Å². The van der Waals surface area contributed by atoms with Gasteiger partial charge in [-0.1, -0.05) is 25.9 Å². The van der Waals surface area contributed by atoms with E-state index in [2.05, 4.69) is 35.8 Å². The summed E-state index contributed by atoms with van der Waals surface area (Å²) >= 11 is 0. The van der Waals surface area contributed by atoms with Crippen LogP contribution in [0.2, 0.25) is 0 Å². The van der Waals surface area contributed by atoms with Gasteiger partial charge in [-0.15, -0.1) is 0 Å². The predicted molar refractivity (Wildman–Crippen MR) is 86.1 cm³/mol. The highest BCUT2D eigenvalue weighted by atomic mass is 19.1. The predicted octanol–water partition coefficient (Wildman–Crippen LogP) is 3.11. The van der Waals surface area contributed by atoms with Crippen LogP contribution in [0, 0.1) is 11.2 Å². The van der Waals surface area contributed by atoms with Gasteiger partial charge in [0.05, 0.1) is 6.54 Å². The summed E-state index contributed by atoms with van der Waals surface area (Å²) in [6.45, 7) is 8.81. The third-order valence-corrected chi connectivity index (χ3v) is 3.26. The summed E-state index contributed by atoms with van der Waals surface area (Å²) in [6.07, 6.45) is 0.703. The zero-order valence-corrected chi connectivity index (χ0v) is 13.9. The van der Waals surface area contributed by atoms with E-state index >= 15 is 0 Å². The molecule has 1 heterocycles. The van der Waals surface area contributed by atoms with Crippen molar-refractivity contribution in [2.45, 2.75) is 33.7 Å². The minimum Gasteiger partial charge on any atom is -0.396 e. The van der Waals surface area contributed by atoms with Gasteiger partial charge < -0.3 is 9.63 Å². The topological polar surface area (TPSA) is 62.4 Å². The molecule has 0 aliphatic carbocycles. The number of benzene rings is 1. The first-order chi connectivity index (χ1) is 10.9. The number of rotatable bonds is 7. The second kappa shape index (κ2) is 7.66. The normalized spacial score (nSPS) is 12.1. The van der Waals surface area contributed by atoms with Crippen molar-refractivity contribution in [3.8, 4) is 11.4 Å². The molecule has 2 rings (SSSR count).